The van der Waals surface area contributed by atoms with Crippen molar-refractivity contribution in [2.45, 2.75) is 26.7 Å². The SMILES string of the molecule is Cc1ccc(NC(=O)NCC2CCN(c3nccnc3C#N)CC2)cc1C. The highest BCUT2D eigenvalue weighted by Gasteiger charge is 2.22. The van der Waals surface area contributed by atoms with Gasteiger partial charge in [-0.2, -0.15) is 5.26 Å². The number of aryl methyl sites for hydroxylation is 2. The van der Waals surface area contributed by atoms with Crippen molar-refractivity contribution in [2.75, 3.05) is 29.9 Å². The topological polar surface area (TPSA) is 93.9 Å². The van der Waals surface area contributed by atoms with Gasteiger partial charge in [0, 0.05) is 37.7 Å². The van der Waals surface area contributed by atoms with Crippen LogP contribution >= 0.6 is 0 Å². The van der Waals surface area contributed by atoms with E-state index < -0.39 is 0 Å². The van der Waals surface area contributed by atoms with E-state index in [2.05, 4.69) is 31.6 Å². The minimum absolute atomic E-state index is 0.179. The van der Waals surface area contributed by atoms with Gasteiger partial charge in [0.1, 0.15) is 6.07 Å². The summed E-state index contributed by atoms with van der Waals surface area (Å²) in [5, 5.41) is 15.0. The van der Waals surface area contributed by atoms with Crippen molar-refractivity contribution in [1.82, 2.24) is 15.3 Å². The van der Waals surface area contributed by atoms with Gasteiger partial charge in [0.15, 0.2) is 11.5 Å². The third-order valence-electron chi connectivity index (χ3n) is 5.01. The lowest BCUT2D eigenvalue weighted by molar-refractivity contribution is 0.248. The standard InChI is InChI=1S/C20H24N6O/c1-14-3-4-17(11-15(14)2)25-20(27)24-13-16-5-9-26(10-6-16)19-18(12-21)22-7-8-23-19/h3-4,7-8,11,16H,5-6,9-10,13H2,1-2H3,(H2,24,25,27). The number of anilines is 2. The van der Waals surface area contributed by atoms with E-state index >= 15 is 0 Å². The van der Waals surface area contributed by atoms with Crippen molar-refractivity contribution in [1.29, 1.82) is 5.26 Å². The van der Waals surface area contributed by atoms with Crippen molar-refractivity contribution < 1.29 is 4.79 Å². The molecule has 2 heterocycles. The zero-order valence-corrected chi connectivity index (χ0v) is 15.7. The Bertz CT molecular complexity index is 852. The fraction of sp³-hybridized carbons (Fsp3) is 0.400. The molecule has 7 nitrogen and oxygen atoms in total. The number of carbonyl (C=O) groups is 1. The molecule has 7 heteroatoms. The third kappa shape index (κ3) is 4.73. The summed E-state index contributed by atoms with van der Waals surface area (Å²) in [6.07, 6.45) is 5.02. The molecule has 0 atom stereocenters. The summed E-state index contributed by atoms with van der Waals surface area (Å²) in [5.41, 5.74) is 3.52. The predicted molar refractivity (Wildman–Crippen MR) is 105 cm³/mol. The highest BCUT2D eigenvalue weighted by Crippen LogP contribution is 2.23. The average Bonchev–Trinajstić information content (AvgIpc) is 2.69. The predicted octanol–water partition coefficient (Wildman–Crippen LogP) is 3.00. The second-order valence-electron chi connectivity index (χ2n) is 6.90. The first kappa shape index (κ1) is 18.6. The Labute approximate surface area is 159 Å². The van der Waals surface area contributed by atoms with Crippen LogP contribution in [0.25, 0.3) is 0 Å². The van der Waals surface area contributed by atoms with Crippen LogP contribution < -0.4 is 15.5 Å². The Morgan fingerprint density at radius 2 is 1.96 bits per heavy atom. The maximum atomic E-state index is 12.1. The summed E-state index contributed by atoms with van der Waals surface area (Å²) in [7, 11) is 0. The summed E-state index contributed by atoms with van der Waals surface area (Å²) >= 11 is 0. The smallest absolute Gasteiger partial charge is 0.319 e. The number of urea groups is 1. The Morgan fingerprint density at radius 3 is 2.67 bits per heavy atom. The summed E-state index contributed by atoms with van der Waals surface area (Å²) in [6, 6.07) is 7.80. The van der Waals surface area contributed by atoms with Crippen molar-refractivity contribution in [3.05, 3.63) is 47.4 Å². The van der Waals surface area contributed by atoms with Gasteiger partial charge in [0.05, 0.1) is 0 Å². The van der Waals surface area contributed by atoms with Crippen LogP contribution in [0.15, 0.2) is 30.6 Å². The van der Waals surface area contributed by atoms with Crippen molar-refractivity contribution in [3.63, 3.8) is 0 Å². The first-order valence-corrected chi connectivity index (χ1v) is 9.15. The Hall–Kier alpha value is -3.14. The highest BCUT2D eigenvalue weighted by atomic mass is 16.2. The van der Waals surface area contributed by atoms with E-state index in [4.69, 9.17) is 5.26 Å². The zero-order chi connectivity index (χ0) is 19.2. The molecule has 1 saturated heterocycles. The first-order chi connectivity index (χ1) is 13.1. The maximum Gasteiger partial charge on any atom is 0.319 e. The number of rotatable bonds is 4. The number of aromatic nitrogens is 2. The van der Waals surface area contributed by atoms with E-state index in [1.54, 1.807) is 6.20 Å². The number of hydrogen-bond acceptors (Lipinski definition) is 5. The monoisotopic (exact) mass is 364 g/mol. The second-order valence-corrected chi connectivity index (χ2v) is 6.90. The number of amides is 2. The lowest BCUT2D eigenvalue weighted by atomic mass is 9.97. The van der Waals surface area contributed by atoms with Crippen LogP contribution in [0.3, 0.4) is 0 Å². The van der Waals surface area contributed by atoms with Crippen molar-refractivity contribution >= 4 is 17.5 Å². The fourth-order valence-corrected chi connectivity index (χ4v) is 3.22. The molecular formula is C20H24N6O. The van der Waals surface area contributed by atoms with Gasteiger partial charge in [-0.25, -0.2) is 14.8 Å². The van der Waals surface area contributed by atoms with E-state index in [0.29, 0.717) is 24.0 Å². The van der Waals surface area contributed by atoms with Gasteiger partial charge >= 0.3 is 6.03 Å². The molecule has 2 aromatic rings. The van der Waals surface area contributed by atoms with Gasteiger partial charge in [-0.1, -0.05) is 6.07 Å². The molecule has 27 heavy (non-hydrogen) atoms. The minimum atomic E-state index is -0.179. The quantitative estimate of drug-likeness (QED) is 0.870. The minimum Gasteiger partial charge on any atom is -0.354 e. The van der Waals surface area contributed by atoms with E-state index in [0.717, 1.165) is 37.2 Å². The number of nitriles is 1. The zero-order valence-electron chi connectivity index (χ0n) is 15.7. The summed E-state index contributed by atoms with van der Waals surface area (Å²) in [4.78, 5) is 22.6. The number of nitrogens with one attached hydrogen (secondary N) is 2. The first-order valence-electron chi connectivity index (χ1n) is 9.15. The van der Waals surface area contributed by atoms with Gasteiger partial charge in [-0.3, -0.25) is 0 Å². The van der Waals surface area contributed by atoms with E-state index in [9.17, 15) is 4.79 Å². The summed E-state index contributed by atoms with van der Waals surface area (Å²) in [6.45, 7) is 6.32. The molecule has 0 unspecified atom stereocenters. The molecule has 140 valence electrons. The number of benzene rings is 1. The normalized spacial score (nSPS) is 14.5. The fourth-order valence-electron chi connectivity index (χ4n) is 3.22. The molecule has 3 rings (SSSR count). The Balaban J connectivity index is 1.46. The largest absolute Gasteiger partial charge is 0.354 e. The van der Waals surface area contributed by atoms with Gasteiger partial charge in [-0.15, -0.1) is 0 Å². The molecule has 1 aromatic heterocycles. The molecule has 1 aliphatic heterocycles. The Kier molecular flexibility index (Phi) is 5.87. The van der Waals surface area contributed by atoms with Crippen LogP contribution in [0.2, 0.25) is 0 Å². The highest BCUT2D eigenvalue weighted by molar-refractivity contribution is 5.89. The van der Waals surface area contributed by atoms with Crippen molar-refractivity contribution in [2.24, 2.45) is 5.92 Å². The number of piperidine rings is 1. The molecule has 2 N–H and O–H groups in total. The molecule has 0 radical (unpaired) electrons. The molecule has 1 fully saturated rings. The summed E-state index contributed by atoms with van der Waals surface area (Å²) in [5.74, 6) is 1.06. The lowest BCUT2D eigenvalue weighted by Crippen LogP contribution is -2.40. The average molecular weight is 364 g/mol. The van der Waals surface area contributed by atoms with Crippen molar-refractivity contribution in [3.8, 4) is 6.07 Å². The molecule has 0 bridgehead atoms. The molecule has 2 amide bonds. The van der Waals surface area contributed by atoms with Gasteiger partial charge in [0.25, 0.3) is 0 Å². The molecule has 0 saturated carbocycles. The van der Waals surface area contributed by atoms with Crippen LogP contribution in [-0.4, -0.2) is 35.6 Å². The number of carbonyl (C=O) groups excluding carboxylic acids is 1. The second kappa shape index (κ2) is 8.49. The van der Waals surface area contributed by atoms with Crippen LogP contribution in [0.5, 0.6) is 0 Å². The van der Waals surface area contributed by atoms with Crippen LogP contribution in [-0.2, 0) is 0 Å². The Morgan fingerprint density at radius 1 is 1.22 bits per heavy atom. The lowest BCUT2D eigenvalue weighted by Gasteiger charge is -2.32. The molecular weight excluding hydrogens is 340 g/mol. The van der Waals surface area contributed by atoms with Crippen LogP contribution in [0.4, 0.5) is 16.3 Å². The van der Waals surface area contributed by atoms with E-state index in [1.165, 1.54) is 11.8 Å². The van der Waals surface area contributed by atoms with Crippen LogP contribution in [0.1, 0.15) is 29.7 Å². The number of nitrogens with zero attached hydrogens (tertiary/aromatic N) is 4. The summed E-state index contributed by atoms with van der Waals surface area (Å²) < 4.78 is 0. The van der Waals surface area contributed by atoms with E-state index in [-0.39, 0.29) is 6.03 Å². The van der Waals surface area contributed by atoms with Gasteiger partial charge < -0.3 is 15.5 Å². The van der Waals surface area contributed by atoms with Gasteiger partial charge in [0.2, 0.25) is 0 Å². The third-order valence-corrected chi connectivity index (χ3v) is 5.01. The molecule has 1 aromatic carbocycles. The molecule has 0 aliphatic carbocycles. The van der Waals surface area contributed by atoms with Crippen LogP contribution in [0, 0.1) is 31.1 Å². The molecule has 0 spiro atoms. The molecule has 1 aliphatic rings. The van der Waals surface area contributed by atoms with E-state index in [1.807, 2.05) is 32.0 Å². The maximum absolute atomic E-state index is 12.1. The van der Waals surface area contributed by atoms with Gasteiger partial charge in [-0.05, 0) is 55.9 Å². The number of hydrogen-bond donors (Lipinski definition) is 2.